The van der Waals surface area contributed by atoms with Gasteiger partial charge in [-0.15, -0.1) is 0 Å². The van der Waals surface area contributed by atoms with E-state index in [0.717, 1.165) is 6.26 Å². The molecule has 4 nitrogen and oxygen atoms in total. The molecule has 0 radical (unpaired) electrons. The molecule has 6 heteroatoms. The monoisotopic (exact) mass is 264 g/mol. The summed E-state index contributed by atoms with van der Waals surface area (Å²) in [6, 6.07) is 8.88. The third-order valence-electron chi connectivity index (χ3n) is 3.17. The predicted octanol–water partition coefficient (Wildman–Crippen LogP) is 1.37. The Balaban J connectivity index is 2.54. The Kier molecular flexibility index (Phi) is 2.64. The Morgan fingerprint density at radius 1 is 1.33 bits per heavy atom. The first-order valence-electron chi connectivity index (χ1n) is 5.13. The quantitative estimate of drug-likeness (QED) is 0.807. The van der Waals surface area contributed by atoms with Crippen LogP contribution in [0, 0.1) is 33.9 Å². The number of nitrogens with zero attached hydrogens (tertiary/aromatic N) is 2. The number of sulfone groups is 1. The summed E-state index contributed by atoms with van der Waals surface area (Å²) in [7, 11) is -3.54. The van der Waals surface area contributed by atoms with Crippen LogP contribution >= 0.6 is 0 Å². The van der Waals surface area contributed by atoms with Gasteiger partial charge in [0, 0.05) is 12.2 Å². The molecule has 0 bridgehead atoms. The first-order valence-corrected chi connectivity index (χ1v) is 7.09. The molecule has 0 heterocycles. The molecule has 1 aliphatic rings. The molecule has 2 atom stereocenters. The molecule has 0 unspecified atom stereocenters. The van der Waals surface area contributed by atoms with Crippen molar-refractivity contribution in [3.05, 3.63) is 35.6 Å². The highest BCUT2D eigenvalue weighted by Crippen LogP contribution is 2.62. The fourth-order valence-corrected chi connectivity index (χ4v) is 4.09. The van der Waals surface area contributed by atoms with Gasteiger partial charge < -0.3 is 0 Å². The molecule has 0 spiro atoms. The van der Waals surface area contributed by atoms with Crippen molar-refractivity contribution in [3.63, 3.8) is 0 Å². The van der Waals surface area contributed by atoms with Gasteiger partial charge in [-0.3, -0.25) is 0 Å². The van der Waals surface area contributed by atoms with Gasteiger partial charge >= 0.3 is 0 Å². The van der Waals surface area contributed by atoms with Crippen LogP contribution in [-0.2, 0) is 9.84 Å². The molecule has 0 amide bonds. The lowest BCUT2D eigenvalue weighted by atomic mass is 10.0. The Bertz CT molecular complexity index is 671. The van der Waals surface area contributed by atoms with E-state index in [1.165, 1.54) is 24.3 Å². The van der Waals surface area contributed by atoms with E-state index < -0.39 is 32.2 Å². The van der Waals surface area contributed by atoms with Crippen LogP contribution in [0.1, 0.15) is 11.5 Å². The van der Waals surface area contributed by atoms with Gasteiger partial charge in [0.2, 0.25) is 0 Å². The second kappa shape index (κ2) is 3.79. The zero-order valence-corrected chi connectivity index (χ0v) is 10.3. The Hall–Kier alpha value is -1.92. The van der Waals surface area contributed by atoms with Crippen molar-refractivity contribution in [1.29, 1.82) is 10.5 Å². The first-order chi connectivity index (χ1) is 8.36. The summed E-state index contributed by atoms with van der Waals surface area (Å²) in [6.07, 6.45) is 0.987. The summed E-state index contributed by atoms with van der Waals surface area (Å²) in [5.74, 6) is -1.30. The topological polar surface area (TPSA) is 81.7 Å². The van der Waals surface area contributed by atoms with Gasteiger partial charge in [-0.2, -0.15) is 10.5 Å². The van der Waals surface area contributed by atoms with Crippen LogP contribution in [0.15, 0.2) is 24.3 Å². The highest BCUT2D eigenvalue weighted by molar-refractivity contribution is 7.91. The summed E-state index contributed by atoms with van der Waals surface area (Å²) in [4.78, 5) is 0. The van der Waals surface area contributed by atoms with Crippen molar-refractivity contribution in [2.24, 2.45) is 5.41 Å². The van der Waals surface area contributed by atoms with Crippen LogP contribution in [0.5, 0.6) is 0 Å². The lowest BCUT2D eigenvalue weighted by Gasteiger charge is -1.99. The van der Waals surface area contributed by atoms with E-state index in [2.05, 4.69) is 0 Å². The molecule has 0 aromatic heterocycles. The Labute approximate surface area is 104 Å². The van der Waals surface area contributed by atoms with E-state index in [-0.39, 0.29) is 0 Å². The number of halogens is 1. The molecule has 1 saturated carbocycles. The summed E-state index contributed by atoms with van der Waals surface area (Å²) >= 11 is 0. The van der Waals surface area contributed by atoms with Crippen LogP contribution < -0.4 is 0 Å². The maximum absolute atomic E-state index is 13.1. The van der Waals surface area contributed by atoms with E-state index >= 15 is 0 Å². The van der Waals surface area contributed by atoms with E-state index in [1.807, 2.05) is 0 Å². The number of benzene rings is 1. The second-order valence-electron chi connectivity index (χ2n) is 4.38. The molecule has 1 aromatic carbocycles. The smallest absolute Gasteiger partial charge is 0.169 e. The van der Waals surface area contributed by atoms with E-state index in [1.54, 1.807) is 12.1 Å². The second-order valence-corrected chi connectivity index (χ2v) is 6.54. The van der Waals surface area contributed by atoms with Gasteiger partial charge in [0.15, 0.2) is 15.3 Å². The van der Waals surface area contributed by atoms with Crippen molar-refractivity contribution in [2.75, 3.05) is 6.26 Å². The van der Waals surface area contributed by atoms with E-state index in [4.69, 9.17) is 10.5 Å². The van der Waals surface area contributed by atoms with E-state index in [9.17, 15) is 12.8 Å². The Morgan fingerprint density at radius 3 is 2.33 bits per heavy atom. The number of hydrogen-bond acceptors (Lipinski definition) is 4. The van der Waals surface area contributed by atoms with Crippen molar-refractivity contribution in [3.8, 4) is 12.1 Å². The largest absolute Gasteiger partial charge is 0.229 e. The van der Waals surface area contributed by atoms with Gasteiger partial charge in [-0.05, 0) is 17.7 Å². The minimum Gasteiger partial charge on any atom is -0.229 e. The van der Waals surface area contributed by atoms with Crippen molar-refractivity contribution in [2.45, 2.75) is 11.2 Å². The zero-order chi connectivity index (χ0) is 13.6. The van der Waals surface area contributed by atoms with E-state index in [0.29, 0.717) is 5.56 Å². The standard InChI is InChI=1S/C12H9FN2O2S/c1-18(16,17)11-10(12(11,6-14)7-15)8-3-2-4-9(13)5-8/h2-5,10-11H,1H3/t10-,11-/m1/s1. The lowest BCUT2D eigenvalue weighted by molar-refractivity contribution is 0.597. The molecule has 0 aliphatic heterocycles. The molecule has 18 heavy (non-hydrogen) atoms. The Morgan fingerprint density at radius 2 is 1.94 bits per heavy atom. The highest BCUT2D eigenvalue weighted by Gasteiger charge is 2.72. The van der Waals surface area contributed by atoms with Crippen LogP contribution in [0.3, 0.4) is 0 Å². The van der Waals surface area contributed by atoms with Crippen molar-refractivity contribution >= 4 is 9.84 Å². The molecule has 92 valence electrons. The molecular weight excluding hydrogens is 255 g/mol. The molecule has 1 aliphatic carbocycles. The van der Waals surface area contributed by atoms with Gasteiger partial charge in [0.1, 0.15) is 11.1 Å². The number of hydrogen-bond donors (Lipinski definition) is 0. The first kappa shape index (κ1) is 12.5. The number of rotatable bonds is 2. The maximum atomic E-state index is 13.1. The van der Waals surface area contributed by atoms with Crippen LogP contribution in [0.4, 0.5) is 4.39 Å². The molecule has 1 fully saturated rings. The molecule has 0 N–H and O–H groups in total. The van der Waals surface area contributed by atoms with Gasteiger partial charge in [0.25, 0.3) is 0 Å². The molecule has 1 aromatic rings. The molecular formula is C12H9FN2O2S. The van der Waals surface area contributed by atoms with Crippen molar-refractivity contribution < 1.29 is 12.8 Å². The fraction of sp³-hybridized carbons (Fsp3) is 0.333. The van der Waals surface area contributed by atoms with Crippen LogP contribution in [-0.4, -0.2) is 19.9 Å². The van der Waals surface area contributed by atoms with Gasteiger partial charge in [-0.25, -0.2) is 12.8 Å². The third-order valence-corrected chi connectivity index (χ3v) is 4.74. The fourth-order valence-electron chi connectivity index (χ4n) is 2.37. The van der Waals surface area contributed by atoms with Gasteiger partial charge in [-0.1, -0.05) is 12.1 Å². The molecule has 2 rings (SSSR count). The highest BCUT2D eigenvalue weighted by atomic mass is 32.2. The summed E-state index contributed by atoms with van der Waals surface area (Å²) < 4.78 is 36.3. The lowest BCUT2D eigenvalue weighted by Crippen LogP contribution is -2.11. The predicted molar refractivity (Wildman–Crippen MR) is 61.4 cm³/mol. The van der Waals surface area contributed by atoms with Crippen LogP contribution in [0.2, 0.25) is 0 Å². The van der Waals surface area contributed by atoms with Gasteiger partial charge in [0.05, 0.1) is 12.1 Å². The zero-order valence-electron chi connectivity index (χ0n) is 9.46. The summed E-state index contributed by atoms with van der Waals surface area (Å²) in [5.41, 5.74) is -1.23. The normalized spacial score (nSPS) is 24.9. The average Bonchev–Trinajstić information content (AvgIpc) is 2.98. The molecule has 0 saturated heterocycles. The SMILES string of the molecule is CS(=O)(=O)[C@@H]1[C@@H](c2cccc(F)c2)C1(C#N)C#N. The minimum atomic E-state index is -3.54. The maximum Gasteiger partial charge on any atom is 0.169 e. The van der Waals surface area contributed by atoms with Crippen molar-refractivity contribution in [1.82, 2.24) is 0 Å². The third kappa shape index (κ3) is 1.66. The summed E-state index contributed by atoms with van der Waals surface area (Å²) in [5, 5.41) is 17.0. The summed E-state index contributed by atoms with van der Waals surface area (Å²) in [6.45, 7) is 0. The van der Waals surface area contributed by atoms with Crippen LogP contribution in [0.25, 0.3) is 0 Å². The number of nitriles is 2. The minimum absolute atomic E-state index is 0.369. The average molecular weight is 264 g/mol.